The van der Waals surface area contributed by atoms with Crippen LogP contribution in [-0.2, 0) is 12.1 Å². The standard InChI is InChI=1S/C56H45F2N5O6/c1-30-9-19-39(59)26-40(30)34-23-35(50-44(25-34)49(55(66)62-3)52(69-50)32-12-17-38(58)18-13-32)29-67-46-20-14-33(53(64)63-56(21-22-56)36-7-5-4-6-8-36)24-42(46)41-27-43-47(28-45(41)60)68-51(48(43)54(65)61-2)31-10-15-37(57)16-11-31/h4-20,23-28H,21-22,29,59-60H2,1-3H3,(H,61,65)(H,62,66)(H,63,64). The lowest BCUT2D eigenvalue weighted by Gasteiger charge is -2.19. The molecule has 1 fully saturated rings. The highest BCUT2D eigenvalue weighted by Gasteiger charge is 2.45. The molecule has 7 N–H and O–H groups in total. The highest BCUT2D eigenvalue weighted by molar-refractivity contribution is 6.14. The topological polar surface area (TPSA) is 175 Å². The Kier molecular flexibility index (Phi) is 11.2. The smallest absolute Gasteiger partial charge is 0.255 e. The Morgan fingerprint density at radius 3 is 1.91 bits per heavy atom. The van der Waals surface area contributed by atoms with E-state index >= 15 is 0 Å². The molecule has 0 aliphatic heterocycles. The first kappa shape index (κ1) is 44.1. The molecule has 1 saturated carbocycles. The number of furan rings is 2. The van der Waals surface area contributed by atoms with Crippen molar-refractivity contribution in [2.24, 2.45) is 0 Å². The van der Waals surface area contributed by atoms with Crippen LogP contribution in [0.25, 0.3) is 66.8 Å². The van der Waals surface area contributed by atoms with Gasteiger partial charge in [-0.25, -0.2) is 8.78 Å². The number of ether oxygens (including phenoxy) is 1. The molecule has 0 atom stereocenters. The van der Waals surface area contributed by atoms with Crippen LogP contribution in [0.3, 0.4) is 0 Å². The summed E-state index contributed by atoms with van der Waals surface area (Å²) in [7, 11) is 3.03. The first-order chi connectivity index (χ1) is 33.3. The van der Waals surface area contributed by atoms with Crippen molar-refractivity contribution in [1.29, 1.82) is 0 Å². The van der Waals surface area contributed by atoms with E-state index in [2.05, 4.69) is 16.0 Å². The average molecular weight is 922 g/mol. The second-order valence-electron chi connectivity index (χ2n) is 17.2. The van der Waals surface area contributed by atoms with Gasteiger partial charge in [0.15, 0.2) is 0 Å². The van der Waals surface area contributed by atoms with Crippen LogP contribution in [0.1, 0.15) is 60.6 Å². The van der Waals surface area contributed by atoms with E-state index in [9.17, 15) is 23.2 Å². The Hall–Kier alpha value is -8.71. The number of hydrogen-bond donors (Lipinski definition) is 5. The van der Waals surface area contributed by atoms with Gasteiger partial charge in [0, 0.05) is 75.7 Å². The fourth-order valence-electron chi connectivity index (χ4n) is 9.01. The van der Waals surface area contributed by atoms with E-state index in [0.717, 1.165) is 35.1 Å². The number of aryl methyl sites for hydroxylation is 1. The zero-order valence-corrected chi connectivity index (χ0v) is 37.8. The minimum absolute atomic E-state index is 0.114. The van der Waals surface area contributed by atoms with Crippen LogP contribution < -0.4 is 32.2 Å². The van der Waals surface area contributed by atoms with Gasteiger partial charge in [-0.3, -0.25) is 14.4 Å². The summed E-state index contributed by atoms with van der Waals surface area (Å²) in [5, 5.41) is 9.60. The third-order valence-corrected chi connectivity index (χ3v) is 12.8. The molecule has 1 aliphatic rings. The molecule has 9 aromatic rings. The van der Waals surface area contributed by atoms with Crippen LogP contribution >= 0.6 is 0 Å². The number of halogens is 2. The largest absolute Gasteiger partial charge is 0.488 e. The molecule has 7 aromatic carbocycles. The van der Waals surface area contributed by atoms with Crippen molar-refractivity contribution in [3.8, 4) is 50.7 Å². The van der Waals surface area contributed by atoms with Gasteiger partial charge in [-0.1, -0.05) is 36.4 Å². The zero-order valence-electron chi connectivity index (χ0n) is 37.8. The maximum absolute atomic E-state index is 14.3. The first-order valence-corrected chi connectivity index (χ1v) is 22.3. The number of nitrogens with two attached hydrogens (primary N) is 2. The lowest BCUT2D eigenvalue weighted by atomic mass is 9.94. The lowest BCUT2D eigenvalue weighted by Crippen LogP contribution is -2.34. The van der Waals surface area contributed by atoms with Gasteiger partial charge < -0.3 is 41.0 Å². The van der Waals surface area contributed by atoms with Gasteiger partial charge in [0.05, 0.1) is 16.7 Å². The van der Waals surface area contributed by atoms with Crippen LogP contribution in [0.5, 0.6) is 5.75 Å². The number of carbonyl (C=O) groups is 3. The van der Waals surface area contributed by atoms with Crippen LogP contribution in [-0.4, -0.2) is 31.8 Å². The van der Waals surface area contributed by atoms with E-state index in [1.54, 1.807) is 42.5 Å². The van der Waals surface area contributed by atoms with Crippen LogP contribution in [0.4, 0.5) is 20.2 Å². The highest BCUT2D eigenvalue weighted by Crippen LogP contribution is 2.47. The van der Waals surface area contributed by atoms with Crippen molar-refractivity contribution < 1.29 is 36.7 Å². The molecule has 11 nitrogen and oxygen atoms in total. The van der Waals surface area contributed by atoms with Gasteiger partial charge in [-0.15, -0.1) is 0 Å². The maximum atomic E-state index is 14.3. The van der Waals surface area contributed by atoms with Gasteiger partial charge in [-0.2, -0.15) is 0 Å². The van der Waals surface area contributed by atoms with E-state index in [1.165, 1.54) is 50.5 Å². The summed E-state index contributed by atoms with van der Waals surface area (Å²) in [6.45, 7) is 1.85. The molecule has 0 radical (unpaired) electrons. The maximum Gasteiger partial charge on any atom is 0.255 e. The lowest BCUT2D eigenvalue weighted by molar-refractivity contribution is 0.0927. The number of nitrogen functional groups attached to an aromatic ring is 2. The van der Waals surface area contributed by atoms with Crippen molar-refractivity contribution >= 4 is 51.0 Å². The number of hydrogen-bond acceptors (Lipinski definition) is 8. The van der Waals surface area contributed by atoms with Gasteiger partial charge in [0.1, 0.15) is 46.7 Å². The Balaban J connectivity index is 1.13. The predicted molar refractivity (Wildman–Crippen MR) is 264 cm³/mol. The molecule has 3 amide bonds. The zero-order chi connectivity index (χ0) is 48.1. The highest BCUT2D eigenvalue weighted by atomic mass is 19.1. The first-order valence-electron chi connectivity index (χ1n) is 22.3. The number of carbonyl (C=O) groups excluding carboxylic acids is 3. The Morgan fingerprint density at radius 1 is 0.638 bits per heavy atom. The summed E-state index contributed by atoms with van der Waals surface area (Å²) in [6, 6.07) is 38.9. The summed E-state index contributed by atoms with van der Waals surface area (Å²) < 4.78 is 47.9. The monoisotopic (exact) mass is 921 g/mol. The number of nitrogens with one attached hydrogen (secondary N) is 3. The van der Waals surface area contributed by atoms with Crippen molar-refractivity contribution in [3.63, 3.8) is 0 Å². The minimum atomic E-state index is -0.511. The second-order valence-corrected chi connectivity index (χ2v) is 17.2. The number of anilines is 2. The molecule has 0 saturated heterocycles. The normalized spacial score (nSPS) is 12.8. The summed E-state index contributed by atoms with van der Waals surface area (Å²) in [4.78, 5) is 41.7. The van der Waals surface area contributed by atoms with Crippen LogP contribution in [0, 0.1) is 18.6 Å². The van der Waals surface area contributed by atoms with Crippen LogP contribution in [0.15, 0.2) is 148 Å². The molecule has 344 valence electrons. The molecule has 13 heteroatoms. The van der Waals surface area contributed by atoms with Crippen molar-refractivity contribution in [1.82, 2.24) is 16.0 Å². The average Bonchev–Trinajstić information content (AvgIpc) is 3.90. The number of fused-ring (bicyclic) bond motifs is 2. The van der Waals surface area contributed by atoms with Crippen LogP contribution in [0.2, 0.25) is 0 Å². The second kappa shape index (κ2) is 17.5. The molecule has 0 bridgehead atoms. The van der Waals surface area contributed by atoms with Crippen molar-refractivity contribution in [2.75, 3.05) is 25.6 Å². The SMILES string of the molecule is CNC(=O)c1c(-c2ccc(F)cc2)oc2cc(N)c(-c3cc(C(=O)NC4(c5ccccc5)CC4)ccc3OCc3cc(-c4cc(N)ccc4C)cc4c(C(=O)NC)c(-c5ccc(F)cc5)oc34)cc12. The quantitative estimate of drug-likeness (QED) is 0.0753. The minimum Gasteiger partial charge on any atom is -0.488 e. The van der Waals surface area contributed by atoms with E-state index in [0.29, 0.717) is 66.8 Å². The Labute approximate surface area is 395 Å². The molecule has 1 aliphatic carbocycles. The summed E-state index contributed by atoms with van der Waals surface area (Å²) in [6.07, 6.45) is 1.55. The molecule has 0 unspecified atom stereocenters. The third-order valence-electron chi connectivity index (χ3n) is 12.8. The molecule has 69 heavy (non-hydrogen) atoms. The number of rotatable bonds is 12. The summed E-state index contributed by atoms with van der Waals surface area (Å²) in [5.41, 5.74) is 20.8. The van der Waals surface area contributed by atoms with Gasteiger partial charge in [-0.05, 0) is 139 Å². The Bertz CT molecular complexity index is 3510. The molecule has 2 aromatic heterocycles. The molecular weight excluding hydrogens is 877 g/mol. The fourth-order valence-corrected chi connectivity index (χ4v) is 9.01. The van der Waals surface area contributed by atoms with E-state index in [1.807, 2.05) is 67.6 Å². The van der Waals surface area contributed by atoms with Crippen molar-refractivity contribution in [2.45, 2.75) is 31.9 Å². The predicted octanol–water partition coefficient (Wildman–Crippen LogP) is 11.3. The molecule has 0 spiro atoms. The van der Waals surface area contributed by atoms with E-state index in [-0.39, 0.29) is 40.8 Å². The molecular formula is C56H45F2N5O6. The number of benzene rings is 7. The molecule has 2 heterocycles. The Morgan fingerprint density at radius 2 is 1.28 bits per heavy atom. The number of amides is 3. The molecule has 10 rings (SSSR count). The summed E-state index contributed by atoms with van der Waals surface area (Å²) in [5.74, 6) is -1.29. The van der Waals surface area contributed by atoms with E-state index < -0.39 is 29.0 Å². The third kappa shape index (κ3) is 8.17. The van der Waals surface area contributed by atoms with Crippen molar-refractivity contribution in [3.05, 3.63) is 185 Å². The van der Waals surface area contributed by atoms with E-state index in [4.69, 9.17) is 25.0 Å². The van der Waals surface area contributed by atoms with Gasteiger partial charge in [0.25, 0.3) is 17.7 Å². The fraction of sp³-hybridized carbons (Fsp3) is 0.125. The van der Waals surface area contributed by atoms with Gasteiger partial charge >= 0.3 is 0 Å². The van der Waals surface area contributed by atoms with Gasteiger partial charge in [0.2, 0.25) is 0 Å². The summed E-state index contributed by atoms with van der Waals surface area (Å²) >= 11 is 0.